The Hall–Kier alpha value is -0.670. The van der Waals surface area contributed by atoms with E-state index < -0.39 is 5.54 Å². The van der Waals surface area contributed by atoms with Crippen LogP contribution in [0.4, 0.5) is 0 Å². The summed E-state index contributed by atoms with van der Waals surface area (Å²) < 4.78 is 15.8. The van der Waals surface area contributed by atoms with Crippen LogP contribution in [0.2, 0.25) is 0 Å². The monoisotopic (exact) mass is 272 g/mol. The number of nitrogens with zero attached hydrogens (tertiary/aromatic N) is 1. The Morgan fingerprint density at radius 3 is 2.37 bits per heavy atom. The molecule has 0 aliphatic heterocycles. The van der Waals surface area contributed by atoms with E-state index in [1.54, 1.807) is 7.11 Å². The minimum atomic E-state index is -0.491. The van der Waals surface area contributed by atoms with Gasteiger partial charge in [0.1, 0.15) is 5.54 Å². The molecule has 5 nitrogen and oxygen atoms in total. The van der Waals surface area contributed by atoms with E-state index in [9.17, 15) is 0 Å². The molecule has 1 N–H and O–H groups in total. The van der Waals surface area contributed by atoms with Crippen molar-refractivity contribution in [2.45, 2.75) is 38.6 Å². The number of hydrogen-bond acceptors (Lipinski definition) is 5. The maximum Gasteiger partial charge on any atom is 0.106 e. The van der Waals surface area contributed by atoms with Crippen molar-refractivity contribution in [2.75, 3.05) is 46.7 Å². The summed E-state index contributed by atoms with van der Waals surface area (Å²) in [4.78, 5) is 0. The first kappa shape index (κ1) is 18.3. The van der Waals surface area contributed by atoms with Gasteiger partial charge in [-0.1, -0.05) is 6.92 Å². The van der Waals surface area contributed by atoms with E-state index in [-0.39, 0.29) is 0 Å². The van der Waals surface area contributed by atoms with Crippen molar-refractivity contribution >= 4 is 0 Å². The third kappa shape index (κ3) is 10.9. The standard InChI is InChI=1S/C14H28N2O3/c1-4-7-16-14(2,13-15)6-10-19-12-11-18-9-5-8-17-3/h16H,4-12H2,1-3H3. The molecular formula is C14H28N2O3. The van der Waals surface area contributed by atoms with Crippen molar-refractivity contribution < 1.29 is 14.2 Å². The first-order valence-corrected chi connectivity index (χ1v) is 6.99. The molecular weight excluding hydrogens is 244 g/mol. The second-order valence-corrected chi connectivity index (χ2v) is 4.69. The Morgan fingerprint density at radius 1 is 1.11 bits per heavy atom. The maximum atomic E-state index is 9.13. The topological polar surface area (TPSA) is 63.5 Å². The van der Waals surface area contributed by atoms with Crippen LogP contribution in [0.25, 0.3) is 0 Å². The SMILES string of the molecule is CCCNC(C)(C#N)CCOCCOCCCOC. The fourth-order valence-corrected chi connectivity index (χ4v) is 1.49. The van der Waals surface area contributed by atoms with Gasteiger partial charge in [0.15, 0.2) is 0 Å². The number of nitriles is 1. The summed E-state index contributed by atoms with van der Waals surface area (Å²) in [6.07, 6.45) is 2.62. The minimum Gasteiger partial charge on any atom is -0.385 e. The van der Waals surface area contributed by atoms with Crippen LogP contribution < -0.4 is 5.32 Å². The number of ether oxygens (including phenoxy) is 3. The lowest BCUT2D eigenvalue weighted by molar-refractivity contribution is 0.0355. The minimum absolute atomic E-state index is 0.491. The van der Waals surface area contributed by atoms with E-state index in [0.717, 1.165) is 26.0 Å². The lowest BCUT2D eigenvalue weighted by atomic mass is 10.0. The van der Waals surface area contributed by atoms with E-state index in [2.05, 4.69) is 18.3 Å². The normalized spacial score (nSPS) is 14.0. The average molecular weight is 272 g/mol. The largest absolute Gasteiger partial charge is 0.385 e. The highest BCUT2D eigenvalue weighted by atomic mass is 16.5. The lowest BCUT2D eigenvalue weighted by Crippen LogP contribution is -2.42. The molecule has 0 aromatic carbocycles. The van der Waals surface area contributed by atoms with Gasteiger partial charge >= 0.3 is 0 Å². The van der Waals surface area contributed by atoms with E-state index in [1.165, 1.54) is 0 Å². The van der Waals surface area contributed by atoms with Crippen molar-refractivity contribution in [3.8, 4) is 6.07 Å². The Labute approximate surface area is 117 Å². The van der Waals surface area contributed by atoms with Crippen LogP contribution in [0.1, 0.15) is 33.1 Å². The quantitative estimate of drug-likeness (QED) is 0.517. The zero-order valence-corrected chi connectivity index (χ0v) is 12.5. The predicted octanol–water partition coefficient (Wildman–Crippen LogP) is 1.73. The third-order valence-electron chi connectivity index (χ3n) is 2.77. The zero-order chi connectivity index (χ0) is 14.4. The molecule has 0 radical (unpaired) electrons. The second kappa shape index (κ2) is 12.4. The number of hydrogen-bond donors (Lipinski definition) is 1. The van der Waals surface area contributed by atoms with Crippen molar-refractivity contribution in [2.24, 2.45) is 0 Å². The van der Waals surface area contributed by atoms with E-state index >= 15 is 0 Å². The fraction of sp³-hybridized carbons (Fsp3) is 0.929. The molecule has 0 aliphatic rings. The van der Waals surface area contributed by atoms with Crippen LogP contribution in [-0.2, 0) is 14.2 Å². The van der Waals surface area contributed by atoms with Crippen LogP contribution >= 0.6 is 0 Å². The van der Waals surface area contributed by atoms with E-state index in [4.69, 9.17) is 19.5 Å². The lowest BCUT2D eigenvalue weighted by Gasteiger charge is -2.22. The molecule has 0 aromatic rings. The molecule has 0 heterocycles. The van der Waals surface area contributed by atoms with Gasteiger partial charge in [0, 0.05) is 33.4 Å². The number of rotatable bonds is 13. The van der Waals surface area contributed by atoms with Gasteiger partial charge in [-0.05, 0) is 26.3 Å². The highest BCUT2D eigenvalue weighted by Gasteiger charge is 2.21. The molecule has 19 heavy (non-hydrogen) atoms. The number of methoxy groups -OCH3 is 1. The first-order valence-electron chi connectivity index (χ1n) is 6.99. The molecule has 0 amide bonds. The summed E-state index contributed by atoms with van der Waals surface area (Å²) in [6, 6.07) is 2.30. The fourth-order valence-electron chi connectivity index (χ4n) is 1.49. The highest BCUT2D eigenvalue weighted by molar-refractivity contribution is 5.03. The van der Waals surface area contributed by atoms with Gasteiger partial charge in [0.2, 0.25) is 0 Å². The molecule has 112 valence electrons. The molecule has 1 unspecified atom stereocenters. The molecule has 0 saturated carbocycles. The number of nitrogens with one attached hydrogen (secondary N) is 1. The average Bonchev–Trinajstić information content (AvgIpc) is 2.43. The first-order chi connectivity index (χ1) is 9.18. The maximum absolute atomic E-state index is 9.13. The summed E-state index contributed by atoms with van der Waals surface area (Å²) in [5.41, 5.74) is -0.491. The van der Waals surface area contributed by atoms with Crippen molar-refractivity contribution in [3.05, 3.63) is 0 Å². The van der Waals surface area contributed by atoms with Crippen LogP contribution in [0.5, 0.6) is 0 Å². The van der Waals surface area contributed by atoms with Crippen LogP contribution in [-0.4, -0.2) is 52.2 Å². The van der Waals surface area contributed by atoms with Crippen LogP contribution in [0, 0.1) is 11.3 Å². The Kier molecular flexibility index (Phi) is 11.9. The summed E-state index contributed by atoms with van der Waals surface area (Å²) >= 11 is 0. The van der Waals surface area contributed by atoms with Crippen molar-refractivity contribution in [1.29, 1.82) is 5.26 Å². The summed E-state index contributed by atoms with van der Waals surface area (Å²) in [6.45, 7) is 8.01. The molecule has 5 heteroatoms. The van der Waals surface area contributed by atoms with Crippen molar-refractivity contribution in [1.82, 2.24) is 5.32 Å². The Bertz CT molecular complexity index is 243. The molecule has 0 aliphatic carbocycles. The molecule has 0 rings (SSSR count). The van der Waals surface area contributed by atoms with Gasteiger partial charge in [-0.15, -0.1) is 0 Å². The summed E-state index contributed by atoms with van der Waals surface area (Å²) in [5.74, 6) is 0. The van der Waals surface area contributed by atoms with Crippen molar-refractivity contribution in [3.63, 3.8) is 0 Å². The predicted molar refractivity (Wildman–Crippen MR) is 75.1 cm³/mol. The molecule has 1 atom stereocenters. The van der Waals surface area contributed by atoms with Gasteiger partial charge in [0.25, 0.3) is 0 Å². The molecule has 0 fully saturated rings. The molecule has 0 spiro atoms. The molecule has 0 aromatic heterocycles. The Balaban J connectivity index is 3.44. The van der Waals surface area contributed by atoms with Gasteiger partial charge in [0.05, 0.1) is 19.3 Å². The van der Waals surface area contributed by atoms with E-state index in [1.807, 2.05) is 6.92 Å². The van der Waals surface area contributed by atoms with Gasteiger partial charge < -0.3 is 14.2 Å². The summed E-state index contributed by atoms with van der Waals surface area (Å²) in [5, 5.41) is 12.4. The van der Waals surface area contributed by atoms with Crippen LogP contribution in [0.3, 0.4) is 0 Å². The van der Waals surface area contributed by atoms with E-state index in [0.29, 0.717) is 32.8 Å². The highest BCUT2D eigenvalue weighted by Crippen LogP contribution is 2.08. The smallest absolute Gasteiger partial charge is 0.106 e. The zero-order valence-electron chi connectivity index (χ0n) is 12.5. The van der Waals surface area contributed by atoms with Gasteiger partial charge in [-0.2, -0.15) is 5.26 Å². The molecule has 0 saturated heterocycles. The van der Waals surface area contributed by atoms with Gasteiger partial charge in [-0.25, -0.2) is 0 Å². The molecule has 0 bridgehead atoms. The second-order valence-electron chi connectivity index (χ2n) is 4.69. The Morgan fingerprint density at radius 2 is 1.79 bits per heavy atom. The van der Waals surface area contributed by atoms with Crippen LogP contribution in [0.15, 0.2) is 0 Å². The van der Waals surface area contributed by atoms with Gasteiger partial charge in [-0.3, -0.25) is 5.32 Å². The third-order valence-corrected chi connectivity index (χ3v) is 2.77. The summed E-state index contributed by atoms with van der Waals surface area (Å²) in [7, 11) is 1.68.